The van der Waals surface area contributed by atoms with Crippen LogP contribution in [0.4, 0.5) is 9.93 Å². The van der Waals surface area contributed by atoms with E-state index in [-0.39, 0.29) is 18.0 Å². The number of esters is 1. The number of ether oxygens (including phenoxy) is 1. The topological polar surface area (TPSA) is 131 Å². The van der Waals surface area contributed by atoms with Crippen molar-refractivity contribution in [2.45, 2.75) is 45.3 Å². The fraction of sp³-hybridized carbons (Fsp3) is 0.333. The Hall–Kier alpha value is -3.96. The molecule has 38 heavy (non-hydrogen) atoms. The predicted molar refractivity (Wildman–Crippen MR) is 147 cm³/mol. The first-order valence-corrected chi connectivity index (χ1v) is 13.4. The number of carbonyl (C=O) groups is 2. The normalized spacial score (nSPS) is 15.4. The molecule has 4 heterocycles. The average Bonchev–Trinajstić information content (AvgIpc) is 3.59. The molecular weight excluding hydrogens is 502 g/mol. The van der Waals surface area contributed by atoms with E-state index in [2.05, 4.69) is 35.9 Å². The highest BCUT2D eigenvalue weighted by Crippen LogP contribution is 2.38. The van der Waals surface area contributed by atoms with Gasteiger partial charge in [-0.25, -0.2) is 19.7 Å². The Morgan fingerprint density at radius 3 is 2.66 bits per heavy atom. The number of pyridine rings is 1. The summed E-state index contributed by atoms with van der Waals surface area (Å²) >= 11 is 1.39. The standard InChI is InChI=1S/C27H29N7O3S/c1-4-28-25(36)34-26-33-21-13-16(12-18(22(21)38-26)19-8-5-6-10-29-19)17-14-31-24(32-15-17)27(2,3)37-23(35)20-9-7-11-30-20/h5-6,8,10,12-15,20,30H,4,7,9,11H2,1-3H3,(H2,28,33,34,36)/t20-/m0/s1. The largest absolute Gasteiger partial charge is 0.450 e. The van der Waals surface area contributed by atoms with Gasteiger partial charge < -0.3 is 15.4 Å². The summed E-state index contributed by atoms with van der Waals surface area (Å²) in [7, 11) is 0. The Morgan fingerprint density at radius 1 is 1.16 bits per heavy atom. The molecule has 0 spiro atoms. The smallest absolute Gasteiger partial charge is 0.324 e. The lowest BCUT2D eigenvalue weighted by Gasteiger charge is -2.25. The molecule has 3 N–H and O–H groups in total. The van der Waals surface area contributed by atoms with Gasteiger partial charge in [-0.2, -0.15) is 0 Å². The molecule has 1 atom stereocenters. The Labute approximate surface area is 224 Å². The molecule has 0 saturated carbocycles. The van der Waals surface area contributed by atoms with Crippen molar-refractivity contribution in [1.29, 1.82) is 0 Å². The van der Waals surface area contributed by atoms with Gasteiger partial charge in [0.1, 0.15) is 6.04 Å². The number of nitrogens with one attached hydrogen (secondary N) is 3. The van der Waals surface area contributed by atoms with Crippen LogP contribution in [-0.4, -0.2) is 51.1 Å². The lowest BCUT2D eigenvalue weighted by molar-refractivity contribution is -0.160. The Kier molecular flexibility index (Phi) is 7.30. The molecule has 3 aromatic heterocycles. The molecule has 1 aromatic carbocycles. The van der Waals surface area contributed by atoms with Crippen molar-refractivity contribution in [3.05, 3.63) is 54.7 Å². The molecule has 1 saturated heterocycles. The first kappa shape index (κ1) is 25.7. The number of amides is 2. The van der Waals surface area contributed by atoms with Crippen LogP contribution in [0.3, 0.4) is 0 Å². The second-order valence-corrected chi connectivity index (χ2v) is 10.5. The molecule has 11 heteroatoms. The fourth-order valence-electron chi connectivity index (χ4n) is 4.31. The van der Waals surface area contributed by atoms with Gasteiger partial charge in [-0.3, -0.25) is 15.1 Å². The summed E-state index contributed by atoms with van der Waals surface area (Å²) < 4.78 is 6.66. The third-order valence-corrected chi connectivity index (χ3v) is 7.23. The summed E-state index contributed by atoms with van der Waals surface area (Å²) in [5.74, 6) is 0.131. The molecule has 0 radical (unpaired) electrons. The van der Waals surface area contributed by atoms with Gasteiger partial charge in [0.2, 0.25) is 0 Å². The van der Waals surface area contributed by atoms with Crippen LogP contribution < -0.4 is 16.0 Å². The third-order valence-electron chi connectivity index (χ3n) is 6.21. The van der Waals surface area contributed by atoms with Gasteiger partial charge in [0.25, 0.3) is 0 Å². The van der Waals surface area contributed by atoms with E-state index in [1.807, 2.05) is 37.3 Å². The van der Waals surface area contributed by atoms with Crippen molar-refractivity contribution >= 4 is 38.7 Å². The van der Waals surface area contributed by atoms with E-state index in [4.69, 9.17) is 4.74 Å². The summed E-state index contributed by atoms with van der Waals surface area (Å²) in [6.07, 6.45) is 6.90. The van der Waals surface area contributed by atoms with Crippen molar-refractivity contribution in [1.82, 2.24) is 30.6 Å². The van der Waals surface area contributed by atoms with Crippen molar-refractivity contribution < 1.29 is 14.3 Å². The quantitative estimate of drug-likeness (QED) is 0.297. The van der Waals surface area contributed by atoms with E-state index in [1.165, 1.54) is 11.3 Å². The monoisotopic (exact) mass is 531 g/mol. The van der Waals surface area contributed by atoms with Crippen LogP contribution in [-0.2, 0) is 15.1 Å². The maximum atomic E-state index is 12.5. The highest BCUT2D eigenvalue weighted by atomic mass is 32.1. The number of rotatable bonds is 7. The second kappa shape index (κ2) is 10.8. The fourth-order valence-corrected chi connectivity index (χ4v) is 5.27. The minimum atomic E-state index is -0.975. The maximum Gasteiger partial charge on any atom is 0.324 e. The average molecular weight is 532 g/mol. The number of anilines is 1. The molecule has 196 valence electrons. The van der Waals surface area contributed by atoms with Crippen LogP contribution in [0.5, 0.6) is 0 Å². The number of hydrogen-bond acceptors (Lipinski definition) is 9. The van der Waals surface area contributed by atoms with E-state index in [0.29, 0.717) is 17.5 Å². The van der Waals surface area contributed by atoms with Gasteiger partial charge in [-0.05, 0) is 70.0 Å². The van der Waals surface area contributed by atoms with Gasteiger partial charge in [-0.15, -0.1) is 0 Å². The summed E-state index contributed by atoms with van der Waals surface area (Å²) in [4.78, 5) is 42.9. The molecule has 1 aliphatic rings. The molecule has 10 nitrogen and oxygen atoms in total. The highest BCUT2D eigenvalue weighted by molar-refractivity contribution is 7.22. The minimum absolute atomic E-state index is 0.282. The van der Waals surface area contributed by atoms with Crippen LogP contribution >= 0.6 is 11.3 Å². The number of benzene rings is 1. The predicted octanol–water partition coefficient (Wildman–Crippen LogP) is 4.49. The van der Waals surface area contributed by atoms with Crippen LogP contribution in [0.1, 0.15) is 39.4 Å². The van der Waals surface area contributed by atoms with E-state index in [0.717, 1.165) is 52.0 Å². The Bertz CT molecular complexity index is 1450. The number of carbonyl (C=O) groups excluding carboxylic acids is 2. The summed E-state index contributed by atoms with van der Waals surface area (Å²) in [5, 5.41) is 9.17. The van der Waals surface area contributed by atoms with Gasteiger partial charge in [0, 0.05) is 36.3 Å². The van der Waals surface area contributed by atoms with Gasteiger partial charge in [0.05, 0.1) is 15.9 Å². The summed E-state index contributed by atoms with van der Waals surface area (Å²) in [6.45, 7) is 6.77. The molecular formula is C27H29N7O3S. The van der Waals surface area contributed by atoms with Crippen LogP contribution in [0.15, 0.2) is 48.9 Å². The van der Waals surface area contributed by atoms with Crippen molar-refractivity contribution in [3.63, 3.8) is 0 Å². The van der Waals surface area contributed by atoms with Crippen molar-refractivity contribution in [2.24, 2.45) is 0 Å². The van der Waals surface area contributed by atoms with Crippen LogP contribution in [0.2, 0.25) is 0 Å². The lowest BCUT2D eigenvalue weighted by atomic mass is 10.0. The SMILES string of the molecule is CCNC(=O)Nc1nc2cc(-c3cnc(C(C)(C)OC(=O)[C@@H]4CCCN4)nc3)cc(-c3ccccn3)c2s1. The molecule has 0 aliphatic carbocycles. The first-order valence-electron chi connectivity index (χ1n) is 12.5. The number of nitrogens with zero attached hydrogens (tertiary/aromatic N) is 4. The zero-order chi connectivity index (χ0) is 26.7. The number of hydrogen-bond donors (Lipinski definition) is 3. The molecule has 0 unspecified atom stereocenters. The number of aromatic nitrogens is 4. The van der Waals surface area contributed by atoms with Crippen LogP contribution in [0, 0.1) is 0 Å². The van der Waals surface area contributed by atoms with E-state index >= 15 is 0 Å². The van der Waals surface area contributed by atoms with Gasteiger partial charge in [0.15, 0.2) is 16.6 Å². The molecule has 5 rings (SSSR count). The van der Waals surface area contributed by atoms with Crippen LogP contribution in [0.25, 0.3) is 32.6 Å². The van der Waals surface area contributed by atoms with E-state index in [9.17, 15) is 9.59 Å². The number of thiazole rings is 1. The zero-order valence-corrected chi connectivity index (χ0v) is 22.3. The van der Waals surface area contributed by atoms with Crippen molar-refractivity contribution in [3.8, 4) is 22.4 Å². The first-order chi connectivity index (χ1) is 18.3. The molecule has 4 aromatic rings. The molecule has 2 amide bonds. The summed E-state index contributed by atoms with van der Waals surface area (Å²) in [5.41, 5.74) is 3.06. The minimum Gasteiger partial charge on any atom is -0.450 e. The third kappa shape index (κ3) is 5.48. The molecule has 1 aliphatic heterocycles. The number of urea groups is 1. The van der Waals surface area contributed by atoms with Gasteiger partial charge >= 0.3 is 12.0 Å². The van der Waals surface area contributed by atoms with Crippen molar-refractivity contribution in [2.75, 3.05) is 18.4 Å². The molecule has 1 fully saturated rings. The van der Waals surface area contributed by atoms with Gasteiger partial charge in [-0.1, -0.05) is 17.4 Å². The zero-order valence-electron chi connectivity index (χ0n) is 21.4. The van der Waals surface area contributed by atoms with E-state index in [1.54, 1.807) is 32.4 Å². The Balaban J connectivity index is 1.47. The van der Waals surface area contributed by atoms with E-state index < -0.39 is 5.60 Å². The lowest BCUT2D eigenvalue weighted by Crippen LogP contribution is -2.38. The maximum absolute atomic E-state index is 12.5. The second-order valence-electron chi connectivity index (χ2n) is 9.47. The summed E-state index contributed by atoms with van der Waals surface area (Å²) in [6, 6.07) is 9.11. The molecule has 0 bridgehead atoms. The number of fused-ring (bicyclic) bond motifs is 1. The highest BCUT2D eigenvalue weighted by Gasteiger charge is 2.33. The Morgan fingerprint density at radius 2 is 1.97 bits per heavy atom.